The minimum absolute atomic E-state index is 0.0524. The molecule has 0 aliphatic heterocycles. The van der Waals surface area contributed by atoms with Gasteiger partial charge in [0.2, 0.25) is 5.91 Å². The maximum atomic E-state index is 12.0. The van der Waals surface area contributed by atoms with Crippen LogP contribution in [0.15, 0.2) is 53.4 Å². The molecule has 0 saturated heterocycles. The zero-order valence-electron chi connectivity index (χ0n) is 13.7. The van der Waals surface area contributed by atoms with Crippen LogP contribution in [0.1, 0.15) is 23.6 Å². The van der Waals surface area contributed by atoms with Gasteiger partial charge in [0.15, 0.2) is 0 Å². The molecule has 2 aromatic carbocycles. The second-order valence-corrected chi connectivity index (χ2v) is 6.30. The molecule has 4 heteroatoms. The van der Waals surface area contributed by atoms with Crippen molar-refractivity contribution in [3.8, 4) is 0 Å². The fraction of sp³-hybridized carbons (Fsp3) is 0.316. The number of amides is 1. The van der Waals surface area contributed by atoms with Crippen molar-refractivity contribution in [1.82, 2.24) is 5.32 Å². The van der Waals surface area contributed by atoms with Crippen LogP contribution < -0.4 is 5.32 Å². The molecule has 0 aliphatic carbocycles. The highest BCUT2D eigenvalue weighted by molar-refractivity contribution is 8.00. The van der Waals surface area contributed by atoms with E-state index in [1.54, 1.807) is 11.8 Å². The topological polar surface area (TPSA) is 38.3 Å². The van der Waals surface area contributed by atoms with Gasteiger partial charge in [0.1, 0.15) is 0 Å². The second-order valence-electron chi connectivity index (χ2n) is 5.28. The number of thioether (sulfide) groups is 1. The predicted octanol–water partition coefficient (Wildman–Crippen LogP) is 3.94. The van der Waals surface area contributed by atoms with Crippen molar-refractivity contribution in [3.05, 3.63) is 65.2 Å². The van der Waals surface area contributed by atoms with Crippen molar-refractivity contribution in [2.24, 2.45) is 0 Å². The predicted molar refractivity (Wildman–Crippen MR) is 95.5 cm³/mol. The van der Waals surface area contributed by atoms with E-state index in [9.17, 15) is 4.79 Å². The van der Waals surface area contributed by atoms with E-state index >= 15 is 0 Å². The number of ether oxygens (including phenoxy) is 1. The minimum atomic E-state index is 0.0524. The van der Waals surface area contributed by atoms with Crippen molar-refractivity contribution >= 4 is 17.7 Å². The van der Waals surface area contributed by atoms with Gasteiger partial charge >= 0.3 is 0 Å². The first-order valence-corrected chi connectivity index (χ1v) is 8.78. The maximum Gasteiger partial charge on any atom is 0.230 e. The Bertz CT molecular complexity index is 626. The standard InChI is InChI=1S/C19H23NO2S/c1-3-22-13-17-10-8-16(9-11-17)12-20-19(21)14-23-18-7-5-4-6-15(18)2/h4-11H,3,12-14H2,1-2H3,(H,20,21). The molecular formula is C19H23NO2S. The Kier molecular flexibility index (Phi) is 7.17. The highest BCUT2D eigenvalue weighted by Crippen LogP contribution is 2.21. The molecule has 1 N–H and O–H groups in total. The van der Waals surface area contributed by atoms with E-state index in [2.05, 4.69) is 18.3 Å². The molecule has 0 bridgehead atoms. The molecule has 2 rings (SSSR count). The molecule has 2 aromatic rings. The third-order valence-electron chi connectivity index (χ3n) is 3.44. The van der Waals surface area contributed by atoms with Crippen LogP contribution in [0.4, 0.5) is 0 Å². The van der Waals surface area contributed by atoms with Crippen LogP contribution in [-0.2, 0) is 22.7 Å². The van der Waals surface area contributed by atoms with Crippen LogP contribution in [0, 0.1) is 6.92 Å². The van der Waals surface area contributed by atoms with E-state index in [4.69, 9.17) is 4.74 Å². The van der Waals surface area contributed by atoms with Crippen LogP contribution in [0.5, 0.6) is 0 Å². The molecule has 0 fully saturated rings. The SMILES string of the molecule is CCOCc1ccc(CNC(=O)CSc2ccccc2C)cc1. The normalized spacial score (nSPS) is 10.5. The molecule has 0 spiro atoms. The first-order chi connectivity index (χ1) is 11.2. The average Bonchev–Trinajstić information content (AvgIpc) is 2.58. The molecule has 0 saturated carbocycles. The summed E-state index contributed by atoms with van der Waals surface area (Å²) in [5.41, 5.74) is 3.45. The highest BCUT2D eigenvalue weighted by atomic mass is 32.2. The summed E-state index contributed by atoms with van der Waals surface area (Å²) in [6.07, 6.45) is 0. The van der Waals surface area contributed by atoms with Gasteiger partial charge in [0.05, 0.1) is 12.4 Å². The van der Waals surface area contributed by atoms with Gasteiger partial charge in [0, 0.05) is 18.0 Å². The Morgan fingerprint density at radius 3 is 2.48 bits per heavy atom. The van der Waals surface area contributed by atoms with Crippen LogP contribution in [0.25, 0.3) is 0 Å². The van der Waals surface area contributed by atoms with Crippen LogP contribution in [0.2, 0.25) is 0 Å². The molecule has 0 aliphatic rings. The first-order valence-electron chi connectivity index (χ1n) is 7.79. The molecule has 0 unspecified atom stereocenters. The van der Waals surface area contributed by atoms with E-state index in [0.717, 1.165) is 22.6 Å². The number of aryl methyl sites for hydroxylation is 1. The van der Waals surface area contributed by atoms with E-state index in [1.807, 2.05) is 49.4 Å². The van der Waals surface area contributed by atoms with E-state index in [-0.39, 0.29) is 5.91 Å². The van der Waals surface area contributed by atoms with Crippen LogP contribution in [0.3, 0.4) is 0 Å². The summed E-state index contributed by atoms with van der Waals surface area (Å²) in [6.45, 7) is 5.96. The lowest BCUT2D eigenvalue weighted by molar-refractivity contribution is -0.118. The molecular weight excluding hydrogens is 306 g/mol. The van der Waals surface area contributed by atoms with Crippen molar-refractivity contribution in [1.29, 1.82) is 0 Å². The van der Waals surface area contributed by atoms with Gasteiger partial charge in [-0.1, -0.05) is 42.5 Å². The van der Waals surface area contributed by atoms with Gasteiger partial charge < -0.3 is 10.1 Å². The maximum absolute atomic E-state index is 12.0. The zero-order chi connectivity index (χ0) is 16.5. The zero-order valence-corrected chi connectivity index (χ0v) is 14.5. The number of nitrogens with one attached hydrogen (secondary N) is 1. The van der Waals surface area contributed by atoms with E-state index in [1.165, 1.54) is 5.56 Å². The Balaban J connectivity index is 1.75. The largest absolute Gasteiger partial charge is 0.377 e. The quantitative estimate of drug-likeness (QED) is 0.746. The number of hydrogen-bond donors (Lipinski definition) is 1. The summed E-state index contributed by atoms with van der Waals surface area (Å²) in [5.74, 6) is 0.490. The summed E-state index contributed by atoms with van der Waals surface area (Å²) in [5, 5.41) is 2.96. The number of hydrogen-bond acceptors (Lipinski definition) is 3. The molecule has 0 radical (unpaired) electrons. The van der Waals surface area contributed by atoms with Gasteiger partial charge in [-0.15, -0.1) is 11.8 Å². The highest BCUT2D eigenvalue weighted by Gasteiger charge is 2.04. The van der Waals surface area contributed by atoms with Crippen molar-refractivity contribution in [2.45, 2.75) is 31.9 Å². The first kappa shape index (κ1) is 17.6. The number of rotatable bonds is 8. The Morgan fingerprint density at radius 1 is 1.09 bits per heavy atom. The van der Waals surface area contributed by atoms with E-state index < -0.39 is 0 Å². The van der Waals surface area contributed by atoms with Crippen molar-refractivity contribution in [3.63, 3.8) is 0 Å². The average molecular weight is 329 g/mol. The minimum Gasteiger partial charge on any atom is -0.377 e. The lowest BCUT2D eigenvalue weighted by atomic mass is 10.1. The van der Waals surface area contributed by atoms with Gasteiger partial charge in [0.25, 0.3) is 0 Å². The third kappa shape index (κ3) is 6.08. The summed E-state index contributed by atoms with van der Waals surface area (Å²) < 4.78 is 5.37. The number of carbonyl (C=O) groups is 1. The summed E-state index contributed by atoms with van der Waals surface area (Å²) in [4.78, 5) is 13.1. The van der Waals surface area contributed by atoms with Gasteiger partial charge in [-0.05, 0) is 36.6 Å². The monoisotopic (exact) mass is 329 g/mol. The third-order valence-corrected chi connectivity index (χ3v) is 4.61. The summed E-state index contributed by atoms with van der Waals surface area (Å²) in [6, 6.07) is 16.3. The lowest BCUT2D eigenvalue weighted by Gasteiger charge is -2.08. The molecule has 0 atom stereocenters. The van der Waals surface area contributed by atoms with Crippen molar-refractivity contribution < 1.29 is 9.53 Å². The Morgan fingerprint density at radius 2 is 1.78 bits per heavy atom. The molecule has 1 amide bonds. The summed E-state index contributed by atoms with van der Waals surface area (Å²) >= 11 is 1.57. The molecule has 0 aromatic heterocycles. The number of carbonyl (C=O) groups excluding carboxylic acids is 1. The summed E-state index contributed by atoms with van der Waals surface area (Å²) in [7, 11) is 0. The fourth-order valence-corrected chi connectivity index (χ4v) is 2.95. The molecule has 23 heavy (non-hydrogen) atoms. The second kappa shape index (κ2) is 9.38. The number of benzene rings is 2. The van der Waals surface area contributed by atoms with Gasteiger partial charge in [-0.3, -0.25) is 4.79 Å². The Labute approximate surface area is 142 Å². The Hall–Kier alpha value is -1.78. The molecule has 3 nitrogen and oxygen atoms in total. The molecule has 122 valence electrons. The van der Waals surface area contributed by atoms with Crippen LogP contribution in [-0.4, -0.2) is 18.3 Å². The smallest absolute Gasteiger partial charge is 0.230 e. The van der Waals surface area contributed by atoms with Gasteiger partial charge in [-0.2, -0.15) is 0 Å². The lowest BCUT2D eigenvalue weighted by Crippen LogP contribution is -2.24. The van der Waals surface area contributed by atoms with E-state index in [0.29, 0.717) is 18.9 Å². The van der Waals surface area contributed by atoms with Crippen molar-refractivity contribution in [2.75, 3.05) is 12.4 Å². The van der Waals surface area contributed by atoms with Crippen LogP contribution >= 0.6 is 11.8 Å². The molecule has 0 heterocycles. The fourth-order valence-electron chi connectivity index (χ4n) is 2.09. The van der Waals surface area contributed by atoms with Gasteiger partial charge in [-0.25, -0.2) is 0 Å².